The van der Waals surface area contributed by atoms with Crippen LogP contribution in [-0.4, -0.2) is 46.6 Å². The molecule has 0 spiro atoms. The van der Waals surface area contributed by atoms with Crippen molar-refractivity contribution in [3.63, 3.8) is 0 Å². The molecule has 4 heteroatoms. The Morgan fingerprint density at radius 3 is 3.05 bits per heavy atom. The van der Waals surface area contributed by atoms with E-state index in [-0.39, 0.29) is 12.5 Å². The lowest BCUT2D eigenvalue weighted by Gasteiger charge is -2.31. The van der Waals surface area contributed by atoms with Crippen molar-refractivity contribution in [1.82, 2.24) is 4.90 Å². The van der Waals surface area contributed by atoms with Crippen LogP contribution in [-0.2, 0) is 0 Å². The SMILES string of the molecule is Cc1ccc(C#CCO)c(C(=O)N2CCSC(C)C2)c1. The summed E-state index contributed by atoms with van der Waals surface area (Å²) in [4.78, 5) is 14.6. The number of nitrogens with zero attached hydrogens (tertiary/aromatic N) is 1. The molecule has 0 radical (unpaired) electrons. The number of hydrogen-bond acceptors (Lipinski definition) is 3. The number of hydrogen-bond donors (Lipinski definition) is 1. The second-order valence-corrected chi connectivity index (χ2v) is 6.49. The molecule has 1 N–H and O–H groups in total. The molecule has 0 aromatic heterocycles. The van der Waals surface area contributed by atoms with Crippen molar-refractivity contribution in [2.75, 3.05) is 25.4 Å². The Labute approximate surface area is 124 Å². The third kappa shape index (κ3) is 3.56. The van der Waals surface area contributed by atoms with Gasteiger partial charge >= 0.3 is 0 Å². The molecule has 0 aliphatic carbocycles. The lowest BCUT2D eigenvalue weighted by Crippen LogP contribution is -2.41. The lowest BCUT2D eigenvalue weighted by atomic mass is 10.0. The molecule has 2 rings (SSSR count). The van der Waals surface area contributed by atoms with E-state index in [2.05, 4.69) is 18.8 Å². The molecule has 1 heterocycles. The van der Waals surface area contributed by atoms with Gasteiger partial charge in [-0.1, -0.05) is 30.4 Å². The highest BCUT2D eigenvalue weighted by Crippen LogP contribution is 2.21. The average molecular weight is 289 g/mol. The summed E-state index contributed by atoms with van der Waals surface area (Å²) in [6.07, 6.45) is 0. The molecular formula is C16H19NO2S. The molecule has 0 saturated carbocycles. The van der Waals surface area contributed by atoms with Crippen LogP contribution >= 0.6 is 11.8 Å². The maximum absolute atomic E-state index is 12.7. The van der Waals surface area contributed by atoms with E-state index in [1.165, 1.54) is 0 Å². The normalized spacial score (nSPS) is 18.4. The van der Waals surface area contributed by atoms with Gasteiger partial charge in [-0.15, -0.1) is 0 Å². The van der Waals surface area contributed by atoms with Crippen LogP contribution in [0, 0.1) is 18.8 Å². The Balaban J connectivity index is 2.30. The van der Waals surface area contributed by atoms with Gasteiger partial charge in [-0.05, 0) is 19.1 Å². The van der Waals surface area contributed by atoms with E-state index in [9.17, 15) is 4.79 Å². The number of carbonyl (C=O) groups is 1. The quantitative estimate of drug-likeness (QED) is 0.803. The molecule has 106 valence electrons. The van der Waals surface area contributed by atoms with Crippen molar-refractivity contribution >= 4 is 17.7 Å². The van der Waals surface area contributed by atoms with Crippen molar-refractivity contribution in [3.8, 4) is 11.8 Å². The van der Waals surface area contributed by atoms with Crippen LogP contribution in [0.2, 0.25) is 0 Å². The van der Waals surface area contributed by atoms with E-state index in [4.69, 9.17) is 5.11 Å². The zero-order chi connectivity index (χ0) is 14.5. The van der Waals surface area contributed by atoms with Crippen LogP contribution in [0.5, 0.6) is 0 Å². The van der Waals surface area contributed by atoms with E-state index in [1.807, 2.05) is 41.8 Å². The number of aliphatic hydroxyl groups is 1. The van der Waals surface area contributed by atoms with Crippen LogP contribution in [0.3, 0.4) is 0 Å². The Bertz CT molecular complexity index is 559. The molecule has 1 aliphatic rings. The van der Waals surface area contributed by atoms with Crippen molar-refractivity contribution in [1.29, 1.82) is 0 Å². The summed E-state index contributed by atoms with van der Waals surface area (Å²) in [7, 11) is 0. The van der Waals surface area contributed by atoms with Gasteiger partial charge in [-0.25, -0.2) is 0 Å². The summed E-state index contributed by atoms with van der Waals surface area (Å²) in [6, 6.07) is 5.68. The number of amides is 1. The smallest absolute Gasteiger partial charge is 0.255 e. The van der Waals surface area contributed by atoms with Gasteiger partial charge in [-0.3, -0.25) is 4.79 Å². The first-order chi connectivity index (χ1) is 9.61. The van der Waals surface area contributed by atoms with Crippen molar-refractivity contribution < 1.29 is 9.90 Å². The summed E-state index contributed by atoms with van der Waals surface area (Å²) in [6.45, 7) is 5.49. The fourth-order valence-corrected chi connectivity index (χ4v) is 3.27. The van der Waals surface area contributed by atoms with Gasteiger partial charge < -0.3 is 10.0 Å². The van der Waals surface area contributed by atoms with Gasteiger partial charge in [0.2, 0.25) is 0 Å². The van der Waals surface area contributed by atoms with Crippen molar-refractivity contribution in [2.45, 2.75) is 19.1 Å². The number of thioether (sulfide) groups is 1. The second-order valence-electron chi connectivity index (χ2n) is 4.94. The number of rotatable bonds is 1. The maximum atomic E-state index is 12.7. The molecule has 3 nitrogen and oxygen atoms in total. The predicted molar refractivity (Wildman–Crippen MR) is 83.0 cm³/mol. The van der Waals surface area contributed by atoms with E-state index in [1.54, 1.807) is 0 Å². The minimum absolute atomic E-state index is 0.0445. The number of aliphatic hydroxyl groups excluding tert-OH is 1. The van der Waals surface area contributed by atoms with Crippen LogP contribution in [0.25, 0.3) is 0 Å². The summed E-state index contributed by atoms with van der Waals surface area (Å²) >= 11 is 1.90. The Hall–Kier alpha value is -1.44. The molecule has 1 aromatic rings. The zero-order valence-corrected chi connectivity index (χ0v) is 12.7. The first kappa shape index (κ1) is 15.0. The molecule has 1 aromatic carbocycles. The monoisotopic (exact) mass is 289 g/mol. The third-order valence-corrected chi connectivity index (χ3v) is 4.37. The third-order valence-electron chi connectivity index (χ3n) is 3.24. The first-order valence-corrected chi connectivity index (χ1v) is 7.78. The highest BCUT2D eigenvalue weighted by Gasteiger charge is 2.23. The van der Waals surface area contributed by atoms with Gasteiger partial charge in [0.25, 0.3) is 5.91 Å². The molecule has 1 unspecified atom stereocenters. The van der Waals surface area contributed by atoms with Gasteiger partial charge in [0.15, 0.2) is 0 Å². The molecule has 20 heavy (non-hydrogen) atoms. The van der Waals surface area contributed by atoms with E-state index >= 15 is 0 Å². The number of aryl methyl sites for hydroxylation is 1. The van der Waals surface area contributed by atoms with Crippen LogP contribution in [0.1, 0.15) is 28.4 Å². The number of carbonyl (C=O) groups excluding carboxylic acids is 1. The lowest BCUT2D eigenvalue weighted by molar-refractivity contribution is 0.0763. The molecule has 1 saturated heterocycles. The highest BCUT2D eigenvalue weighted by molar-refractivity contribution is 7.99. The summed E-state index contributed by atoms with van der Waals surface area (Å²) in [5, 5.41) is 9.30. The Morgan fingerprint density at radius 2 is 2.35 bits per heavy atom. The van der Waals surface area contributed by atoms with Gasteiger partial charge in [-0.2, -0.15) is 11.8 Å². The minimum atomic E-state index is -0.196. The Kier molecular flexibility index (Phi) is 5.11. The topological polar surface area (TPSA) is 40.5 Å². The molecular weight excluding hydrogens is 270 g/mol. The largest absolute Gasteiger partial charge is 0.384 e. The van der Waals surface area contributed by atoms with Gasteiger partial charge in [0.1, 0.15) is 6.61 Å². The average Bonchev–Trinajstić information content (AvgIpc) is 2.45. The minimum Gasteiger partial charge on any atom is -0.384 e. The maximum Gasteiger partial charge on any atom is 0.255 e. The highest BCUT2D eigenvalue weighted by atomic mass is 32.2. The molecule has 1 atom stereocenters. The van der Waals surface area contributed by atoms with Crippen molar-refractivity contribution in [2.24, 2.45) is 0 Å². The standard InChI is InChI=1S/C16H19NO2S/c1-12-5-6-14(4-3-8-18)15(10-12)16(19)17-7-9-20-13(2)11-17/h5-6,10,13,18H,7-9,11H2,1-2H3. The van der Waals surface area contributed by atoms with E-state index < -0.39 is 0 Å². The van der Waals surface area contributed by atoms with E-state index in [0.29, 0.717) is 16.4 Å². The molecule has 1 fully saturated rings. The summed E-state index contributed by atoms with van der Waals surface area (Å²) < 4.78 is 0. The Morgan fingerprint density at radius 1 is 1.55 bits per heavy atom. The predicted octanol–water partition coefficient (Wildman–Crippen LogP) is 1.92. The number of benzene rings is 1. The molecule has 1 aliphatic heterocycles. The fourth-order valence-electron chi connectivity index (χ4n) is 2.25. The van der Waals surface area contributed by atoms with E-state index in [0.717, 1.165) is 24.4 Å². The van der Waals surface area contributed by atoms with Crippen LogP contribution in [0.15, 0.2) is 18.2 Å². The van der Waals surface area contributed by atoms with Crippen LogP contribution in [0.4, 0.5) is 0 Å². The van der Waals surface area contributed by atoms with Crippen molar-refractivity contribution in [3.05, 3.63) is 34.9 Å². The molecule has 1 amide bonds. The molecule has 0 bridgehead atoms. The first-order valence-electron chi connectivity index (χ1n) is 6.73. The zero-order valence-electron chi connectivity index (χ0n) is 11.8. The van der Waals surface area contributed by atoms with Crippen LogP contribution < -0.4 is 0 Å². The van der Waals surface area contributed by atoms with Gasteiger partial charge in [0.05, 0.1) is 5.56 Å². The van der Waals surface area contributed by atoms with Gasteiger partial charge in [0, 0.05) is 29.7 Å². The fraction of sp³-hybridized carbons (Fsp3) is 0.438. The summed E-state index contributed by atoms with van der Waals surface area (Å²) in [5.74, 6) is 6.52. The second kappa shape index (κ2) is 6.83. The summed E-state index contributed by atoms with van der Waals surface area (Å²) in [5.41, 5.74) is 2.38.